The van der Waals surface area contributed by atoms with E-state index < -0.39 is 10.8 Å². The number of allylic oxidation sites excluding steroid dienone is 4. The molecule has 3 saturated carbocycles. The van der Waals surface area contributed by atoms with Gasteiger partial charge in [0.1, 0.15) is 5.76 Å². The Bertz CT molecular complexity index is 1170. The maximum atomic E-state index is 14.4. The molecule has 0 radical (unpaired) electrons. The van der Waals surface area contributed by atoms with E-state index in [1.165, 1.54) is 12.7 Å². The number of carbonyl (C=O) groups excluding carboxylic acids is 2. The Morgan fingerprint density at radius 1 is 1.05 bits per heavy atom. The van der Waals surface area contributed by atoms with Crippen molar-refractivity contribution in [3.63, 3.8) is 0 Å². The Morgan fingerprint density at radius 2 is 1.70 bits per heavy atom. The van der Waals surface area contributed by atoms with E-state index in [1.54, 1.807) is 0 Å². The lowest BCUT2D eigenvalue weighted by molar-refractivity contribution is -0.192. The average Bonchev–Trinajstić information content (AvgIpc) is 2.82. The van der Waals surface area contributed by atoms with Crippen molar-refractivity contribution in [3.8, 4) is 6.07 Å². The summed E-state index contributed by atoms with van der Waals surface area (Å²) < 4.78 is 5.42. The summed E-state index contributed by atoms with van der Waals surface area (Å²) in [7, 11) is 1.49. The van der Waals surface area contributed by atoms with Gasteiger partial charge in [-0.2, -0.15) is 5.26 Å². The van der Waals surface area contributed by atoms with Crippen LogP contribution in [0.15, 0.2) is 23.0 Å². The smallest absolute Gasteiger partial charge is 0.312 e. The second-order valence-electron chi connectivity index (χ2n) is 15.2. The number of nitrogens with zero attached hydrogens (tertiary/aromatic N) is 1. The largest absolute Gasteiger partial charge is 0.511 e. The van der Waals surface area contributed by atoms with Crippen molar-refractivity contribution in [2.75, 3.05) is 7.11 Å². The van der Waals surface area contributed by atoms with Gasteiger partial charge in [0.2, 0.25) is 0 Å². The Balaban J connectivity index is 1.68. The minimum atomic E-state index is -0.581. The highest BCUT2D eigenvalue weighted by Crippen LogP contribution is 2.75. The van der Waals surface area contributed by atoms with E-state index in [4.69, 9.17) is 4.74 Å². The Kier molecular flexibility index (Phi) is 5.54. The maximum absolute atomic E-state index is 14.4. The molecule has 5 nitrogen and oxygen atoms in total. The van der Waals surface area contributed by atoms with Gasteiger partial charge in [-0.1, -0.05) is 54.0 Å². The zero-order chi connectivity index (χ0) is 27.4. The van der Waals surface area contributed by atoms with Gasteiger partial charge < -0.3 is 9.84 Å². The van der Waals surface area contributed by atoms with Crippen molar-refractivity contribution in [3.05, 3.63) is 23.0 Å². The second-order valence-corrected chi connectivity index (χ2v) is 15.2. The minimum Gasteiger partial charge on any atom is -0.511 e. The van der Waals surface area contributed by atoms with Crippen LogP contribution in [0.25, 0.3) is 0 Å². The van der Waals surface area contributed by atoms with Crippen LogP contribution in [0.3, 0.4) is 0 Å². The van der Waals surface area contributed by atoms with Crippen LogP contribution >= 0.6 is 0 Å². The van der Waals surface area contributed by atoms with Crippen LogP contribution in [-0.2, 0) is 14.3 Å². The molecule has 0 heterocycles. The summed E-state index contributed by atoms with van der Waals surface area (Å²) in [5, 5.41) is 20.9. The van der Waals surface area contributed by atoms with Crippen molar-refractivity contribution in [1.82, 2.24) is 0 Å². The van der Waals surface area contributed by atoms with Gasteiger partial charge in [-0.05, 0) is 90.9 Å². The standard InChI is InChI=1S/C32H45NO4/c1-27(2)11-13-32(26(36)37-8)14-12-31(7)24(20(32)17-27)21(34)15-23-29(5)16-19(18-33)25(35)28(3,4)22(29)9-10-30(23,31)6/h15,20,22,24,35H,9-14,16-17H2,1-8H3/t20-,22?,24-,29-,30+,31+,32-/m0/s1. The second kappa shape index (κ2) is 7.73. The van der Waals surface area contributed by atoms with Crippen LogP contribution in [0, 0.1) is 61.6 Å². The predicted molar refractivity (Wildman–Crippen MR) is 142 cm³/mol. The monoisotopic (exact) mass is 507 g/mol. The van der Waals surface area contributed by atoms with E-state index in [2.05, 4.69) is 54.5 Å². The first kappa shape index (κ1) is 26.5. The summed E-state index contributed by atoms with van der Waals surface area (Å²) >= 11 is 0. The number of aliphatic hydroxyl groups excluding tert-OH is 1. The molecule has 1 N–H and O–H groups in total. The molecule has 5 heteroatoms. The summed E-state index contributed by atoms with van der Waals surface area (Å²) in [6.45, 7) is 15.6. The van der Waals surface area contributed by atoms with E-state index in [0.717, 1.165) is 44.9 Å². The SMILES string of the molecule is COC(=O)[C@]12CCC(C)(C)C[C@H]1[C@H]1C(=O)C=C3[C@@]4(C)CC(C#N)=C(O)C(C)(C)C4CC[C@@]3(C)[C@]1(C)CC2. The average molecular weight is 508 g/mol. The quantitative estimate of drug-likeness (QED) is 0.383. The van der Waals surface area contributed by atoms with Gasteiger partial charge in [-0.3, -0.25) is 9.59 Å². The third-order valence-electron chi connectivity index (χ3n) is 12.7. The first-order valence-corrected chi connectivity index (χ1v) is 14.2. The number of hydrogen-bond donors (Lipinski definition) is 1. The molecule has 0 aromatic rings. The molecule has 0 aromatic heterocycles. The zero-order valence-corrected chi connectivity index (χ0v) is 24.1. The lowest BCUT2D eigenvalue weighted by atomic mass is 9.34. The van der Waals surface area contributed by atoms with Gasteiger partial charge in [0, 0.05) is 11.3 Å². The molecule has 5 rings (SSSR count). The molecular weight excluding hydrogens is 462 g/mol. The number of aliphatic hydroxyl groups is 1. The predicted octanol–water partition coefficient (Wildman–Crippen LogP) is 7.09. The number of esters is 1. The third-order valence-corrected chi connectivity index (χ3v) is 12.7. The molecule has 3 fully saturated rings. The van der Waals surface area contributed by atoms with E-state index in [1.807, 2.05) is 6.08 Å². The zero-order valence-electron chi connectivity index (χ0n) is 24.1. The topological polar surface area (TPSA) is 87.4 Å². The number of hydrogen-bond acceptors (Lipinski definition) is 5. The molecule has 7 atom stereocenters. The van der Waals surface area contributed by atoms with E-state index >= 15 is 0 Å². The third kappa shape index (κ3) is 3.14. The van der Waals surface area contributed by atoms with Crippen LogP contribution in [0.1, 0.15) is 99.8 Å². The van der Waals surface area contributed by atoms with Crippen molar-refractivity contribution < 1.29 is 19.4 Å². The summed E-state index contributed by atoms with van der Waals surface area (Å²) in [6.07, 6.45) is 8.50. The van der Waals surface area contributed by atoms with E-state index in [9.17, 15) is 20.0 Å². The molecule has 0 spiro atoms. The molecule has 5 aliphatic carbocycles. The highest BCUT2D eigenvalue weighted by Gasteiger charge is 2.71. The Labute approximate surface area is 222 Å². The number of ketones is 1. The summed E-state index contributed by atoms with van der Waals surface area (Å²) in [5.74, 6) is 0.143. The Morgan fingerprint density at radius 3 is 2.32 bits per heavy atom. The van der Waals surface area contributed by atoms with Gasteiger partial charge in [0.25, 0.3) is 0 Å². The molecule has 0 amide bonds. The lowest BCUT2D eigenvalue weighted by Gasteiger charge is -2.69. The molecule has 1 unspecified atom stereocenters. The van der Waals surface area contributed by atoms with Gasteiger partial charge in [0.05, 0.1) is 24.2 Å². The number of carbonyl (C=O) groups is 2. The van der Waals surface area contributed by atoms with Crippen molar-refractivity contribution in [1.29, 1.82) is 5.26 Å². The summed E-state index contributed by atoms with van der Waals surface area (Å²) in [4.78, 5) is 27.8. The number of nitriles is 1. The maximum Gasteiger partial charge on any atom is 0.312 e. The number of rotatable bonds is 1. The van der Waals surface area contributed by atoms with Gasteiger partial charge in [-0.25, -0.2) is 0 Å². The van der Waals surface area contributed by atoms with E-state index in [0.29, 0.717) is 12.0 Å². The van der Waals surface area contributed by atoms with Crippen molar-refractivity contribution in [2.45, 2.75) is 99.8 Å². The molecule has 0 saturated heterocycles. The fraction of sp³-hybridized carbons (Fsp3) is 0.781. The molecule has 0 bridgehead atoms. The van der Waals surface area contributed by atoms with Crippen LogP contribution < -0.4 is 0 Å². The van der Waals surface area contributed by atoms with Crippen LogP contribution in [0.5, 0.6) is 0 Å². The van der Waals surface area contributed by atoms with Gasteiger partial charge in [-0.15, -0.1) is 0 Å². The van der Waals surface area contributed by atoms with Crippen molar-refractivity contribution >= 4 is 11.8 Å². The van der Waals surface area contributed by atoms with Gasteiger partial charge >= 0.3 is 5.97 Å². The fourth-order valence-corrected chi connectivity index (χ4v) is 10.5. The van der Waals surface area contributed by atoms with Crippen LogP contribution in [0.2, 0.25) is 0 Å². The molecule has 5 aliphatic rings. The summed E-state index contributed by atoms with van der Waals surface area (Å²) in [5.41, 5.74) is -0.275. The molecule has 37 heavy (non-hydrogen) atoms. The molecule has 0 aromatic carbocycles. The van der Waals surface area contributed by atoms with Crippen molar-refractivity contribution in [2.24, 2.45) is 50.2 Å². The summed E-state index contributed by atoms with van der Waals surface area (Å²) in [6, 6.07) is 2.29. The number of methoxy groups -OCH3 is 1. The minimum absolute atomic E-state index is 0.0310. The molecular formula is C32H45NO4. The fourth-order valence-electron chi connectivity index (χ4n) is 10.5. The van der Waals surface area contributed by atoms with E-state index in [-0.39, 0.29) is 56.9 Å². The molecule has 0 aliphatic heterocycles. The first-order valence-electron chi connectivity index (χ1n) is 14.2. The highest BCUT2D eigenvalue weighted by atomic mass is 16.5. The lowest BCUT2D eigenvalue weighted by Crippen LogP contribution is -2.65. The molecule has 202 valence electrons. The first-order chi connectivity index (χ1) is 17.0. The van der Waals surface area contributed by atoms with Crippen LogP contribution in [-0.4, -0.2) is 24.0 Å². The number of fused-ring (bicyclic) bond motifs is 7. The number of ether oxygens (including phenoxy) is 1. The van der Waals surface area contributed by atoms with Crippen LogP contribution in [0.4, 0.5) is 0 Å². The van der Waals surface area contributed by atoms with Gasteiger partial charge in [0.15, 0.2) is 5.78 Å². The normalized spacial score (nSPS) is 45.9. The highest BCUT2D eigenvalue weighted by molar-refractivity contribution is 5.96. The Hall–Kier alpha value is -2.09.